The van der Waals surface area contributed by atoms with Gasteiger partial charge in [-0.05, 0) is 35.9 Å². The van der Waals surface area contributed by atoms with Crippen LogP contribution in [0.1, 0.15) is 47.5 Å². The molecule has 0 bridgehead atoms. The van der Waals surface area contributed by atoms with Crippen LogP contribution < -0.4 is 10.6 Å². The van der Waals surface area contributed by atoms with Crippen LogP contribution in [0.3, 0.4) is 0 Å². The second-order valence-electron chi connectivity index (χ2n) is 6.73. The predicted molar refractivity (Wildman–Crippen MR) is 112 cm³/mol. The Morgan fingerprint density at radius 3 is 2.37 bits per heavy atom. The lowest BCUT2D eigenvalue weighted by molar-refractivity contribution is -0.676. The van der Waals surface area contributed by atoms with Gasteiger partial charge in [-0.25, -0.2) is 0 Å². The van der Waals surface area contributed by atoms with Crippen LogP contribution in [-0.2, 0) is 11.2 Å². The fraction of sp³-hybridized carbons (Fsp3) is 0.261. The maximum Gasteiger partial charge on any atom is 0.275 e. The molecule has 0 aliphatic carbocycles. The minimum atomic E-state index is 0.00807. The molecule has 2 atom stereocenters. The Labute approximate surface area is 165 Å². The Hall–Kier alpha value is -2.43. The number of amides is 1. The van der Waals surface area contributed by atoms with Gasteiger partial charge >= 0.3 is 0 Å². The SMILES string of the molecule is CCc1ccc([C@@H](C)NC(=O)C[NH2+][C@H](c2ccccc2)c2cccs2)cc1. The number of thiophene rings is 1. The van der Waals surface area contributed by atoms with Crippen molar-refractivity contribution in [2.75, 3.05) is 6.54 Å². The van der Waals surface area contributed by atoms with Crippen LogP contribution in [0.25, 0.3) is 0 Å². The van der Waals surface area contributed by atoms with Gasteiger partial charge in [0, 0.05) is 5.56 Å². The lowest BCUT2D eigenvalue weighted by Gasteiger charge is -2.17. The molecule has 3 aromatic rings. The highest BCUT2D eigenvalue weighted by molar-refractivity contribution is 7.10. The number of nitrogens with one attached hydrogen (secondary N) is 1. The van der Waals surface area contributed by atoms with Gasteiger partial charge < -0.3 is 10.6 Å². The summed E-state index contributed by atoms with van der Waals surface area (Å²) >= 11 is 1.73. The molecule has 2 aromatic carbocycles. The van der Waals surface area contributed by atoms with E-state index in [-0.39, 0.29) is 18.0 Å². The first kappa shape index (κ1) is 19.3. The highest BCUT2D eigenvalue weighted by Gasteiger charge is 2.20. The molecule has 4 heteroatoms. The molecular formula is C23H27N2OS+. The number of aryl methyl sites for hydroxylation is 1. The summed E-state index contributed by atoms with van der Waals surface area (Å²) in [5.74, 6) is 0.0551. The second kappa shape index (κ2) is 9.49. The predicted octanol–water partition coefficient (Wildman–Crippen LogP) is 3.84. The van der Waals surface area contributed by atoms with Crippen LogP contribution >= 0.6 is 11.3 Å². The Bertz CT molecular complexity index is 829. The van der Waals surface area contributed by atoms with E-state index in [9.17, 15) is 4.79 Å². The van der Waals surface area contributed by atoms with Crippen molar-refractivity contribution in [1.29, 1.82) is 0 Å². The molecule has 140 valence electrons. The van der Waals surface area contributed by atoms with Gasteiger partial charge in [-0.3, -0.25) is 4.79 Å². The fourth-order valence-corrected chi connectivity index (χ4v) is 4.05. The van der Waals surface area contributed by atoms with E-state index in [1.165, 1.54) is 16.0 Å². The lowest BCUT2D eigenvalue weighted by Crippen LogP contribution is -2.87. The van der Waals surface area contributed by atoms with Crippen molar-refractivity contribution < 1.29 is 10.1 Å². The normalized spacial score (nSPS) is 13.1. The minimum Gasteiger partial charge on any atom is -0.345 e. The van der Waals surface area contributed by atoms with E-state index in [0.717, 1.165) is 12.0 Å². The molecule has 0 saturated heterocycles. The van der Waals surface area contributed by atoms with Gasteiger partial charge in [-0.15, -0.1) is 11.3 Å². The van der Waals surface area contributed by atoms with Crippen molar-refractivity contribution in [3.05, 3.63) is 93.7 Å². The van der Waals surface area contributed by atoms with Crippen LogP contribution in [0.2, 0.25) is 0 Å². The van der Waals surface area contributed by atoms with Crippen molar-refractivity contribution in [2.45, 2.75) is 32.4 Å². The van der Waals surface area contributed by atoms with Crippen molar-refractivity contribution in [1.82, 2.24) is 5.32 Å². The van der Waals surface area contributed by atoms with E-state index < -0.39 is 0 Å². The third-order valence-electron chi connectivity index (χ3n) is 4.81. The molecule has 3 N–H and O–H groups in total. The van der Waals surface area contributed by atoms with Crippen LogP contribution in [0.5, 0.6) is 0 Å². The average Bonchev–Trinajstić information content (AvgIpc) is 3.23. The zero-order valence-electron chi connectivity index (χ0n) is 15.9. The Kier molecular flexibility index (Phi) is 6.80. The van der Waals surface area contributed by atoms with Crippen molar-refractivity contribution >= 4 is 17.2 Å². The van der Waals surface area contributed by atoms with Crippen LogP contribution in [0, 0.1) is 0 Å². The molecule has 0 radical (unpaired) electrons. The Morgan fingerprint density at radius 2 is 1.74 bits per heavy atom. The largest absolute Gasteiger partial charge is 0.345 e. The van der Waals surface area contributed by atoms with Gasteiger partial charge in [0.2, 0.25) is 0 Å². The summed E-state index contributed by atoms with van der Waals surface area (Å²) in [6, 6.07) is 23.2. The molecule has 1 heterocycles. The molecule has 1 amide bonds. The van der Waals surface area contributed by atoms with Crippen LogP contribution in [-0.4, -0.2) is 12.5 Å². The molecule has 0 aliphatic heterocycles. The molecule has 27 heavy (non-hydrogen) atoms. The highest BCUT2D eigenvalue weighted by Crippen LogP contribution is 2.22. The molecule has 1 aromatic heterocycles. The van der Waals surface area contributed by atoms with Gasteiger partial charge in [-0.1, -0.05) is 67.6 Å². The minimum absolute atomic E-state index is 0.00807. The first-order chi connectivity index (χ1) is 13.2. The summed E-state index contributed by atoms with van der Waals surface area (Å²) in [4.78, 5) is 13.8. The lowest BCUT2D eigenvalue weighted by atomic mass is 10.0. The molecule has 0 aliphatic rings. The monoisotopic (exact) mass is 379 g/mol. The van der Waals surface area contributed by atoms with Gasteiger partial charge in [-0.2, -0.15) is 0 Å². The standard InChI is InChI=1S/C23H26N2OS/c1-3-18-11-13-19(14-12-18)17(2)25-22(26)16-24-23(21-10-7-15-27-21)20-8-5-4-6-9-20/h4-15,17,23-24H,3,16H2,1-2H3,(H,25,26)/p+1/t17-,23-/m1/s1. The van der Waals surface area contributed by atoms with Crippen molar-refractivity contribution in [2.24, 2.45) is 0 Å². The average molecular weight is 380 g/mol. The van der Waals surface area contributed by atoms with E-state index in [4.69, 9.17) is 0 Å². The number of carbonyl (C=O) groups is 1. The number of hydrogen-bond donors (Lipinski definition) is 2. The molecule has 3 rings (SSSR count). The molecule has 0 fully saturated rings. The maximum atomic E-state index is 12.5. The quantitative estimate of drug-likeness (QED) is 0.614. The van der Waals surface area contributed by atoms with Gasteiger partial charge in [0.15, 0.2) is 6.54 Å². The third-order valence-corrected chi connectivity index (χ3v) is 5.77. The van der Waals surface area contributed by atoms with Crippen molar-refractivity contribution in [3.63, 3.8) is 0 Å². The summed E-state index contributed by atoms with van der Waals surface area (Å²) in [5, 5.41) is 7.32. The number of carbonyl (C=O) groups excluding carboxylic acids is 1. The van der Waals surface area contributed by atoms with Crippen LogP contribution in [0.4, 0.5) is 0 Å². The van der Waals surface area contributed by atoms with E-state index in [0.29, 0.717) is 6.54 Å². The first-order valence-corrected chi connectivity index (χ1v) is 10.3. The zero-order valence-corrected chi connectivity index (χ0v) is 16.7. The number of hydrogen-bond acceptors (Lipinski definition) is 2. The van der Waals surface area contributed by atoms with E-state index in [1.807, 2.05) is 25.1 Å². The molecular weight excluding hydrogens is 352 g/mol. The fourth-order valence-electron chi connectivity index (χ4n) is 3.20. The highest BCUT2D eigenvalue weighted by atomic mass is 32.1. The topological polar surface area (TPSA) is 45.7 Å². The van der Waals surface area contributed by atoms with Crippen LogP contribution in [0.15, 0.2) is 72.1 Å². The first-order valence-electron chi connectivity index (χ1n) is 9.47. The Morgan fingerprint density at radius 1 is 1.00 bits per heavy atom. The smallest absolute Gasteiger partial charge is 0.275 e. The zero-order chi connectivity index (χ0) is 19.1. The number of quaternary nitrogens is 1. The summed E-state index contributed by atoms with van der Waals surface area (Å²) in [6.07, 6.45) is 1.03. The molecule has 0 unspecified atom stereocenters. The Balaban J connectivity index is 1.60. The molecule has 3 nitrogen and oxygen atoms in total. The van der Waals surface area contributed by atoms with Gasteiger partial charge in [0.05, 0.1) is 10.9 Å². The summed E-state index contributed by atoms with van der Waals surface area (Å²) < 4.78 is 0. The summed E-state index contributed by atoms with van der Waals surface area (Å²) in [7, 11) is 0. The number of nitrogens with two attached hydrogens (primary N) is 1. The van der Waals surface area contributed by atoms with Gasteiger partial charge in [0.1, 0.15) is 6.04 Å². The summed E-state index contributed by atoms with van der Waals surface area (Å²) in [5.41, 5.74) is 3.67. The van der Waals surface area contributed by atoms with Gasteiger partial charge in [0.25, 0.3) is 5.91 Å². The molecule has 0 saturated carbocycles. The third kappa shape index (κ3) is 5.28. The number of rotatable bonds is 8. The summed E-state index contributed by atoms with van der Waals surface area (Å²) in [6.45, 7) is 4.58. The van der Waals surface area contributed by atoms with E-state index >= 15 is 0 Å². The maximum absolute atomic E-state index is 12.5. The van der Waals surface area contributed by atoms with E-state index in [2.05, 4.69) is 71.5 Å². The molecule has 0 spiro atoms. The van der Waals surface area contributed by atoms with E-state index in [1.54, 1.807) is 11.3 Å². The number of benzene rings is 2. The van der Waals surface area contributed by atoms with Crippen molar-refractivity contribution in [3.8, 4) is 0 Å². The second-order valence-corrected chi connectivity index (χ2v) is 7.71.